The van der Waals surface area contributed by atoms with E-state index in [2.05, 4.69) is 51.9 Å². The monoisotopic (exact) mass is 543 g/mol. The molecular formula is C27H37N5O3S2. The van der Waals surface area contributed by atoms with Crippen LogP contribution in [0.5, 0.6) is 5.75 Å². The number of thioether (sulfide) groups is 1. The summed E-state index contributed by atoms with van der Waals surface area (Å²) in [4.78, 5) is 8.08. The summed E-state index contributed by atoms with van der Waals surface area (Å²) in [6.07, 6.45) is 2.42. The highest BCUT2D eigenvalue weighted by Gasteiger charge is 2.25. The van der Waals surface area contributed by atoms with Crippen molar-refractivity contribution < 1.29 is 13.2 Å². The molecule has 1 aliphatic heterocycles. The molecule has 2 heterocycles. The van der Waals surface area contributed by atoms with Gasteiger partial charge in [0.15, 0.2) is 5.82 Å². The lowest BCUT2D eigenvalue weighted by Crippen LogP contribution is -2.33. The van der Waals surface area contributed by atoms with Crippen molar-refractivity contribution in [3.8, 4) is 5.75 Å². The molecule has 0 radical (unpaired) electrons. The van der Waals surface area contributed by atoms with Crippen LogP contribution >= 0.6 is 11.8 Å². The molecule has 1 aromatic heterocycles. The lowest BCUT2D eigenvalue weighted by Gasteiger charge is -2.24. The quantitative estimate of drug-likeness (QED) is 0.314. The first-order chi connectivity index (χ1) is 18.0. The van der Waals surface area contributed by atoms with Gasteiger partial charge in [0.2, 0.25) is 10.0 Å². The van der Waals surface area contributed by atoms with Crippen LogP contribution < -0.4 is 9.46 Å². The van der Waals surface area contributed by atoms with Crippen molar-refractivity contribution in [2.24, 2.45) is 0 Å². The largest absolute Gasteiger partial charge is 0.488 e. The van der Waals surface area contributed by atoms with E-state index >= 15 is 0 Å². The molecule has 1 aliphatic rings. The number of ether oxygens (including phenoxy) is 1. The number of aryl methyl sites for hydroxylation is 1. The number of fused-ring (bicyclic) bond motifs is 1. The van der Waals surface area contributed by atoms with Crippen LogP contribution in [-0.4, -0.2) is 65.7 Å². The van der Waals surface area contributed by atoms with Gasteiger partial charge in [0.1, 0.15) is 17.7 Å². The van der Waals surface area contributed by atoms with E-state index in [0.717, 1.165) is 48.0 Å². The van der Waals surface area contributed by atoms with Gasteiger partial charge in [-0.2, -0.15) is 5.10 Å². The third-order valence-electron chi connectivity index (χ3n) is 6.52. The molecule has 8 nitrogen and oxygen atoms in total. The standard InChI is InChI=1S/C27H37N5O3S2/c1-3-32(4-2)17-10-18-37(33,34)31-23(16-15-21-11-6-5-7-12-21)27-28-26(29-30-27)19-22-20-36-25-14-9-8-13-24(25)35-22/h5-9,11-14,22-23,31H,3-4,10,15-20H2,1-2H3,(H,28,29,30)/t22?,23-/m1/s1. The fourth-order valence-corrected chi connectivity index (χ4v) is 6.69. The zero-order valence-corrected chi connectivity index (χ0v) is 23.2. The Morgan fingerprint density at radius 2 is 1.89 bits per heavy atom. The number of para-hydroxylation sites is 1. The second kappa shape index (κ2) is 13.4. The average Bonchev–Trinajstić information content (AvgIpc) is 3.38. The summed E-state index contributed by atoms with van der Waals surface area (Å²) in [5.74, 6) is 2.97. The topological polar surface area (TPSA) is 100 Å². The van der Waals surface area contributed by atoms with Gasteiger partial charge in [0.25, 0.3) is 0 Å². The molecule has 2 N–H and O–H groups in total. The first-order valence-electron chi connectivity index (χ1n) is 13.0. The second-order valence-corrected chi connectivity index (χ2v) is 12.2. The predicted molar refractivity (Wildman–Crippen MR) is 149 cm³/mol. The lowest BCUT2D eigenvalue weighted by molar-refractivity contribution is 0.213. The van der Waals surface area contributed by atoms with Crippen molar-refractivity contribution in [2.45, 2.75) is 56.6 Å². The fourth-order valence-electron chi connectivity index (χ4n) is 4.43. The smallest absolute Gasteiger partial charge is 0.212 e. The van der Waals surface area contributed by atoms with Gasteiger partial charge in [-0.25, -0.2) is 18.1 Å². The third-order valence-corrected chi connectivity index (χ3v) is 9.17. The molecule has 0 spiro atoms. The normalized spacial score (nSPS) is 16.4. The van der Waals surface area contributed by atoms with E-state index < -0.39 is 16.1 Å². The summed E-state index contributed by atoms with van der Waals surface area (Å²) in [5, 5.41) is 7.45. The van der Waals surface area contributed by atoms with Gasteiger partial charge in [0.05, 0.1) is 11.8 Å². The van der Waals surface area contributed by atoms with E-state index in [1.54, 1.807) is 11.8 Å². The molecule has 4 rings (SSSR count). The Balaban J connectivity index is 1.42. The Kier molecular flexibility index (Phi) is 10.0. The molecule has 2 aromatic carbocycles. The molecule has 0 saturated carbocycles. The van der Waals surface area contributed by atoms with E-state index in [0.29, 0.717) is 30.9 Å². The molecule has 0 bridgehead atoms. The Labute approximate surface area is 224 Å². The van der Waals surface area contributed by atoms with Gasteiger partial charge in [-0.1, -0.05) is 56.3 Å². The van der Waals surface area contributed by atoms with Crippen LogP contribution in [-0.2, 0) is 22.9 Å². The molecule has 10 heteroatoms. The van der Waals surface area contributed by atoms with Crippen LogP contribution in [0.3, 0.4) is 0 Å². The number of H-pyrrole nitrogens is 1. The van der Waals surface area contributed by atoms with E-state index in [1.165, 1.54) is 0 Å². The molecule has 200 valence electrons. The van der Waals surface area contributed by atoms with Crippen molar-refractivity contribution >= 4 is 21.8 Å². The van der Waals surface area contributed by atoms with Crippen molar-refractivity contribution in [2.75, 3.05) is 31.1 Å². The van der Waals surface area contributed by atoms with Crippen molar-refractivity contribution in [3.05, 3.63) is 71.8 Å². The molecular weight excluding hydrogens is 506 g/mol. The van der Waals surface area contributed by atoms with Crippen LogP contribution in [0.15, 0.2) is 59.5 Å². The van der Waals surface area contributed by atoms with Crippen LogP contribution in [0.2, 0.25) is 0 Å². The number of nitrogens with one attached hydrogen (secondary N) is 2. The first-order valence-corrected chi connectivity index (χ1v) is 15.7. The number of rotatable bonds is 14. The lowest BCUT2D eigenvalue weighted by atomic mass is 10.1. The summed E-state index contributed by atoms with van der Waals surface area (Å²) in [6.45, 7) is 6.77. The van der Waals surface area contributed by atoms with E-state index in [1.807, 2.05) is 36.4 Å². The summed E-state index contributed by atoms with van der Waals surface area (Å²) >= 11 is 1.77. The van der Waals surface area contributed by atoms with E-state index in [4.69, 9.17) is 9.72 Å². The molecule has 2 atom stereocenters. The highest BCUT2D eigenvalue weighted by atomic mass is 32.2. The van der Waals surface area contributed by atoms with Crippen LogP contribution in [0.1, 0.15) is 49.9 Å². The van der Waals surface area contributed by atoms with E-state index in [9.17, 15) is 8.42 Å². The van der Waals surface area contributed by atoms with Gasteiger partial charge >= 0.3 is 0 Å². The van der Waals surface area contributed by atoms with Crippen molar-refractivity contribution in [1.82, 2.24) is 24.8 Å². The summed E-state index contributed by atoms with van der Waals surface area (Å²) < 4.78 is 35.1. The zero-order chi connectivity index (χ0) is 26.1. The maximum Gasteiger partial charge on any atom is 0.212 e. The van der Waals surface area contributed by atoms with Crippen LogP contribution in [0.4, 0.5) is 0 Å². The number of hydrogen-bond acceptors (Lipinski definition) is 7. The molecule has 0 fully saturated rings. The summed E-state index contributed by atoms with van der Waals surface area (Å²) in [7, 11) is -3.50. The van der Waals surface area contributed by atoms with Crippen molar-refractivity contribution in [3.63, 3.8) is 0 Å². The minimum absolute atomic E-state index is 0.0276. The van der Waals surface area contributed by atoms with Crippen LogP contribution in [0.25, 0.3) is 0 Å². The van der Waals surface area contributed by atoms with Gasteiger partial charge in [0, 0.05) is 17.1 Å². The number of sulfonamides is 1. The number of hydrogen-bond donors (Lipinski definition) is 2. The predicted octanol–water partition coefficient (Wildman–Crippen LogP) is 4.23. The Hall–Kier alpha value is -2.40. The maximum absolute atomic E-state index is 13.0. The molecule has 0 saturated heterocycles. The summed E-state index contributed by atoms with van der Waals surface area (Å²) in [5.41, 5.74) is 1.15. The number of benzene rings is 2. The molecule has 1 unspecified atom stereocenters. The zero-order valence-electron chi connectivity index (χ0n) is 21.6. The Bertz CT molecular complexity index is 1220. The minimum atomic E-state index is -3.50. The fraction of sp³-hybridized carbons (Fsp3) is 0.481. The number of aromatic amines is 1. The third kappa shape index (κ3) is 8.29. The van der Waals surface area contributed by atoms with Gasteiger partial charge in [-0.05, 0) is 56.6 Å². The number of nitrogens with zero attached hydrogens (tertiary/aromatic N) is 3. The maximum atomic E-state index is 13.0. The van der Waals surface area contributed by atoms with Gasteiger partial charge < -0.3 is 9.64 Å². The number of aromatic nitrogens is 3. The molecule has 0 amide bonds. The van der Waals surface area contributed by atoms with Crippen LogP contribution in [0, 0.1) is 0 Å². The molecule has 3 aromatic rings. The van der Waals surface area contributed by atoms with E-state index in [-0.39, 0.29) is 11.9 Å². The molecule has 37 heavy (non-hydrogen) atoms. The SMILES string of the molecule is CCN(CC)CCCS(=O)(=O)N[C@H](CCc1ccccc1)c1n[nH]c(CC2CSc3ccccc3O2)n1. The Morgan fingerprint density at radius 1 is 1.14 bits per heavy atom. The Morgan fingerprint density at radius 3 is 2.68 bits per heavy atom. The molecule has 0 aliphatic carbocycles. The second-order valence-electron chi connectivity index (χ2n) is 9.24. The van der Waals surface area contributed by atoms with Gasteiger partial charge in [-0.15, -0.1) is 11.8 Å². The highest BCUT2D eigenvalue weighted by Crippen LogP contribution is 2.35. The summed E-state index contributed by atoms with van der Waals surface area (Å²) in [6, 6.07) is 17.6. The average molecular weight is 544 g/mol. The first kappa shape index (κ1) is 27.6. The van der Waals surface area contributed by atoms with Gasteiger partial charge in [-0.3, -0.25) is 5.10 Å². The van der Waals surface area contributed by atoms with Crippen molar-refractivity contribution in [1.29, 1.82) is 0 Å². The highest BCUT2D eigenvalue weighted by molar-refractivity contribution is 7.99. The minimum Gasteiger partial charge on any atom is -0.488 e.